The number of nitrogens with one attached hydrogen (secondary N) is 1. The number of piperidine rings is 1. The van der Waals surface area contributed by atoms with E-state index in [1.54, 1.807) is 24.3 Å². The van der Waals surface area contributed by atoms with Crippen molar-refractivity contribution >= 4 is 11.8 Å². The van der Waals surface area contributed by atoms with Crippen LogP contribution < -0.4 is 5.32 Å². The highest BCUT2D eigenvalue weighted by Crippen LogP contribution is 2.32. The van der Waals surface area contributed by atoms with Crippen LogP contribution in [0.3, 0.4) is 0 Å². The molecule has 5 heteroatoms. The number of nitrogens with zero attached hydrogens (tertiary/aromatic N) is 2. The Morgan fingerprint density at radius 2 is 1.70 bits per heavy atom. The van der Waals surface area contributed by atoms with Gasteiger partial charge in [-0.05, 0) is 38.1 Å². The molecule has 5 nitrogen and oxygen atoms in total. The van der Waals surface area contributed by atoms with Crippen LogP contribution in [-0.2, 0) is 0 Å². The zero-order valence-corrected chi connectivity index (χ0v) is 11.1. The minimum Gasteiger partial charge on any atom is -0.317 e. The number of amides is 2. The first kappa shape index (κ1) is 12.8. The first-order valence-electron chi connectivity index (χ1n) is 6.74. The highest BCUT2D eigenvalue weighted by molar-refractivity contribution is 6.21. The average Bonchev–Trinajstić information content (AvgIpc) is 2.74. The number of fused-ring (bicyclic) bond motifs is 1. The van der Waals surface area contributed by atoms with E-state index in [9.17, 15) is 14.9 Å². The molecule has 3 rings (SSSR count). The maximum atomic E-state index is 12.3. The summed E-state index contributed by atoms with van der Waals surface area (Å²) < 4.78 is 0. The summed E-state index contributed by atoms with van der Waals surface area (Å²) in [6.07, 6.45) is 1.33. The Morgan fingerprint density at radius 3 is 2.20 bits per heavy atom. The molecule has 20 heavy (non-hydrogen) atoms. The maximum absolute atomic E-state index is 12.3. The Bertz CT molecular complexity index is 577. The van der Waals surface area contributed by atoms with Gasteiger partial charge in [0.2, 0.25) is 0 Å². The zero-order chi connectivity index (χ0) is 14.2. The van der Waals surface area contributed by atoms with E-state index < -0.39 is 5.41 Å². The Labute approximate surface area is 117 Å². The van der Waals surface area contributed by atoms with Gasteiger partial charge in [-0.25, -0.2) is 0 Å². The summed E-state index contributed by atoms with van der Waals surface area (Å²) in [6.45, 7) is 1.69. The van der Waals surface area contributed by atoms with Crippen molar-refractivity contribution < 1.29 is 9.59 Å². The molecule has 0 atom stereocenters. The van der Waals surface area contributed by atoms with E-state index in [-0.39, 0.29) is 18.4 Å². The summed E-state index contributed by atoms with van der Waals surface area (Å²) in [6, 6.07) is 9.15. The maximum Gasteiger partial charge on any atom is 0.261 e. The zero-order valence-electron chi connectivity index (χ0n) is 11.1. The van der Waals surface area contributed by atoms with Gasteiger partial charge >= 0.3 is 0 Å². The van der Waals surface area contributed by atoms with Crippen molar-refractivity contribution in [2.75, 3.05) is 19.6 Å². The number of benzene rings is 1. The molecule has 1 N–H and O–H groups in total. The van der Waals surface area contributed by atoms with Crippen molar-refractivity contribution in [3.05, 3.63) is 35.4 Å². The number of hydrogen-bond acceptors (Lipinski definition) is 4. The van der Waals surface area contributed by atoms with Crippen molar-refractivity contribution in [1.82, 2.24) is 10.2 Å². The molecule has 0 saturated carbocycles. The van der Waals surface area contributed by atoms with Crippen LogP contribution in [0.5, 0.6) is 0 Å². The Kier molecular flexibility index (Phi) is 3.03. The number of imide groups is 1. The molecule has 2 aliphatic heterocycles. The van der Waals surface area contributed by atoms with Crippen LogP contribution in [0.1, 0.15) is 33.6 Å². The van der Waals surface area contributed by atoms with E-state index in [1.165, 1.54) is 4.90 Å². The van der Waals surface area contributed by atoms with Crippen molar-refractivity contribution in [3.8, 4) is 6.07 Å². The smallest absolute Gasteiger partial charge is 0.261 e. The summed E-state index contributed by atoms with van der Waals surface area (Å²) in [4.78, 5) is 25.9. The summed E-state index contributed by atoms with van der Waals surface area (Å²) in [5.41, 5.74) is 0.276. The summed E-state index contributed by atoms with van der Waals surface area (Å²) in [7, 11) is 0. The molecule has 0 aliphatic carbocycles. The number of nitriles is 1. The highest BCUT2D eigenvalue weighted by atomic mass is 16.2. The van der Waals surface area contributed by atoms with Crippen LogP contribution in [0.2, 0.25) is 0 Å². The molecule has 2 aliphatic rings. The number of carbonyl (C=O) groups is 2. The standard InChI is InChI=1S/C15H15N3O2/c16-9-15(5-7-17-8-6-15)10-18-13(19)11-3-1-2-4-12(11)14(18)20/h1-4,17H,5-8,10H2. The lowest BCUT2D eigenvalue weighted by Gasteiger charge is -2.33. The first-order valence-corrected chi connectivity index (χ1v) is 6.74. The van der Waals surface area contributed by atoms with Crippen molar-refractivity contribution in [2.24, 2.45) is 5.41 Å². The van der Waals surface area contributed by atoms with Gasteiger partial charge in [0.15, 0.2) is 0 Å². The van der Waals surface area contributed by atoms with Gasteiger partial charge in [0.1, 0.15) is 0 Å². The fourth-order valence-corrected chi connectivity index (χ4v) is 2.90. The minimum absolute atomic E-state index is 0.192. The van der Waals surface area contributed by atoms with Gasteiger partial charge in [0.25, 0.3) is 11.8 Å². The van der Waals surface area contributed by atoms with Gasteiger partial charge in [-0.1, -0.05) is 12.1 Å². The van der Waals surface area contributed by atoms with Gasteiger partial charge in [-0.3, -0.25) is 14.5 Å². The molecule has 0 radical (unpaired) electrons. The average molecular weight is 269 g/mol. The van der Waals surface area contributed by atoms with Gasteiger partial charge in [0, 0.05) is 6.54 Å². The van der Waals surface area contributed by atoms with Crippen molar-refractivity contribution in [3.63, 3.8) is 0 Å². The second kappa shape index (κ2) is 4.73. The molecular weight excluding hydrogens is 254 g/mol. The van der Waals surface area contributed by atoms with E-state index >= 15 is 0 Å². The second-order valence-corrected chi connectivity index (χ2v) is 5.38. The number of hydrogen-bond donors (Lipinski definition) is 1. The molecule has 1 fully saturated rings. The van der Waals surface area contributed by atoms with Crippen LogP contribution in [0.15, 0.2) is 24.3 Å². The Balaban J connectivity index is 1.88. The minimum atomic E-state index is -0.612. The SMILES string of the molecule is N#CC1(CN2C(=O)c3ccccc3C2=O)CCNCC1. The molecule has 0 unspecified atom stereocenters. The van der Waals surface area contributed by atoms with Gasteiger partial charge in [-0.2, -0.15) is 5.26 Å². The third kappa shape index (κ3) is 1.89. The lowest BCUT2D eigenvalue weighted by Crippen LogP contribution is -2.45. The van der Waals surface area contributed by atoms with Crippen molar-refractivity contribution in [1.29, 1.82) is 5.26 Å². The first-order chi connectivity index (χ1) is 9.67. The lowest BCUT2D eigenvalue weighted by molar-refractivity contribution is 0.0582. The summed E-state index contributed by atoms with van der Waals surface area (Å²) in [5.74, 6) is -0.558. The molecule has 102 valence electrons. The lowest BCUT2D eigenvalue weighted by atomic mass is 9.80. The van der Waals surface area contributed by atoms with Crippen LogP contribution in [0, 0.1) is 16.7 Å². The van der Waals surface area contributed by atoms with E-state index in [0.717, 1.165) is 13.1 Å². The fourth-order valence-electron chi connectivity index (χ4n) is 2.90. The second-order valence-electron chi connectivity index (χ2n) is 5.38. The van der Waals surface area contributed by atoms with Crippen LogP contribution >= 0.6 is 0 Å². The molecule has 2 heterocycles. The molecular formula is C15H15N3O2. The van der Waals surface area contributed by atoms with Crippen molar-refractivity contribution in [2.45, 2.75) is 12.8 Å². The van der Waals surface area contributed by atoms with Crippen LogP contribution in [0.25, 0.3) is 0 Å². The molecule has 0 aromatic heterocycles. The Morgan fingerprint density at radius 1 is 1.15 bits per heavy atom. The van der Waals surface area contributed by atoms with E-state index in [4.69, 9.17) is 0 Å². The van der Waals surface area contributed by atoms with Gasteiger partial charge in [-0.15, -0.1) is 0 Å². The quantitative estimate of drug-likeness (QED) is 0.818. The number of rotatable bonds is 2. The van der Waals surface area contributed by atoms with Crippen LogP contribution in [0.4, 0.5) is 0 Å². The normalized spacial score (nSPS) is 20.6. The fraction of sp³-hybridized carbons (Fsp3) is 0.400. The Hall–Kier alpha value is -2.19. The molecule has 2 amide bonds. The number of carbonyl (C=O) groups excluding carboxylic acids is 2. The molecule has 1 saturated heterocycles. The van der Waals surface area contributed by atoms with Gasteiger partial charge < -0.3 is 5.32 Å². The predicted molar refractivity (Wildman–Crippen MR) is 72.0 cm³/mol. The van der Waals surface area contributed by atoms with E-state index in [0.29, 0.717) is 24.0 Å². The third-order valence-electron chi connectivity index (χ3n) is 4.14. The predicted octanol–water partition coefficient (Wildman–Crippen LogP) is 1.18. The summed E-state index contributed by atoms with van der Waals surface area (Å²) in [5, 5.41) is 12.7. The molecule has 0 bridgehead atoms. The van der Waals surface area contributed by atoms with E-state index in [1.807, 2.05) is 0 Å². The van der Waals surface area contributed by atoms with Crippen LogP contribution in [-0.4, -0.2) is 36.3 Å². The summed E-state index contributed by atoms with van der Waals surface area (Å²) >= 11 is 0. The largest absolute Gasteiger partial charge is 0.317 e. The molecule has 1 aromatic carbocycles. The monoisotopic (exact) mass is 269 g/mol. The molecule has 1 aromatic rings. The topological polar surface area (TPSA) is 73.2 Å². The van der Waals surface area contributed by atoms with E-state index in [2.05, 4.69) is 11.4 Å². The molecule has 0 spiro atoms. The third-order valence-corrected chi connectivity index (χ3v) is 4.14. The highest BCUT2D eigenvalue weighted by Gasteiger charge is 2.42. The van der Waals surface area contributed by atoms with Gasteiger partial charge in [0.05, 0.1) is 22.6 Å².